The summed E-state index contributed by atoms with van der Waals surface area (Å²) in [4.78, 5) is 41.6. The van der Waals surface area contributed by atoms with Crippen LogP contribution in [0.25, 0.3) is 22.0 Å². The van der Waals surface area contributed by atoms with Gasteiger partial charge in [-0.05, 0) is 54.1 Å². The number of rotatable bonds is 8. The van der Waals surface area contributed by atoms with Crippen LogP contribution < -0.4 is 15.6 Å². The summed E-state index contributed by atoms with van der Waals surface area (Å²) in [6.45, 7) is 0. The van der Waals surface area contributed by atoms with Crippen LogP contribution in [0.1, 0.15) is 31.8 Å². The number of ether oxygens (including phenoxy) is 1. The van der Waals surface area contributed by atoms with E-state index in [1.165, 1.54) is 36.4 Å². The summed E-state index contributed by atoms with van der Waals surface area (Å²) >= 11 is 0. The molecule has 6 rings (SSSR count). The lowest BCUT2D eigenvalue weighted by molar-refractivity contribution is 0.102. The summed E-state index contributed by atoms with van der Waals surface area (Å²) in [7, 11) is -13.7. The Balaban J connectivity index is 1.65. The third kappa shape index (κ3) is 5.45. The molecule has 4 aromatic carbocycles. The minimum absolute atomic E-state index is 0.0199. The minimum atomic E-state index is -5.11. The fourth-order valence-corrected chi connectivity index (χ4v) is 7.47. The van der Waals surface area contributed by atoms with E-state index in [9.17, 15) is 53.3 Å². The third-order valence-electron chi connectivity index (χ3n) is 7.58. The van der Waals surface area contributed by atoms with Crippen molar-refractivity contribution in [1.29, 1.82) is 0 Å². The molecule has 1 aromatic heterocycles. The lowest BCUT2D eigenvalue weighted by Crippen LogP contribution is -2.24. The highest BCUT2D eigenvalue weighted by Gasteiger charge is 2.34. The predicted molar refractivity (Wildman–Crippen MR) is 169 cm³/mol. The number of aromatic amines is 1. The molecular weight excluding hydrogens is 693 g/mol. The van der Waals surface area contributed by atoms with Gasteiger partial charge in [-0.2, -0.15) is 25.3 Å². The third-order valence-corrected chi connectivity index (χ3v) is 10.2. The average molecular weight is 713 g/mol. The molecule has 0 spiro atoms. The Morgan fingerprint density at radius 1 is 0.729 bits per heavy atom. The fourth-order valence-electron chi connectivity index (χ4n) is 5.54. The number of H-pyrrole nitrogens is 1. The standard InChI is InChI=1S/C30H20N2O13S3/c1-45-21-11-6-14(12-23(21)48(42,43)44)28(33)27-24-16-4-2-3-5-17(16)29(34)26-20(10-9-19(25(24)26)32-30(27)35)31-18-8-7-15(46(36,37)38)13-22(18)47(39,40)41/h2-13,31H,1H3,(H,32,35)(H,36,37,38)(H,39,40,41)(H,42,43,44). The highest BCUT2D eigenvalue weighted by molar-refractivity contribution is 7.87. The average Bonchev–Trinajstić information content (AvgIpc) is 3.01. The lowest BCUT2D eigenvalue weighted by Gasteiger charge is -2.24. The van der Waals surface area contributed by atoms with Crippen molar-refractivity contribution in [1.82, 2.24) is 4.98 Å². The van der Waals surface area contributed by atoms with Crippen molar-refractivity contribution < 1.29 is 53.2 Å². The fraction of sp³-hybridized carbons (Fsp3) is 0.0333. The summed E-state index contributed by atoms with van der Waals surface area (Å²) in [5.41, 5.74) is -2.10. The monoisotopic (exact) mass is 712 g/mol. The van der Waals surface area contributed by atoms with Crippen LogP contribution in [-0.4, -0.2) is 62.6 Å². The molecule has 5 aromatic rings. The van der Waals surface area contributed by atoms with Crippen LogP contribution in [0, 0.1) is 0 Å². The van der Waals surface area contributed by atoms with Crippen LogP contribution in [0.15, 0.2) is 92.3 Å². The quantitative estimate of drug-likeness (QED) is 0.112. The van der Waals surface area contributed by atoms with E-state index in [-0.39, 0.29) is 50.2 Å². The Bertz CT molecular complexity index is 2660. The van der Waals surface area contributed by atoms with Gasteiger partial charge < -0.3 is 15.0 Å². The Morgan fingerprint density at radius 2 is 1.38 bits per heavy atom. The van der Waals surface area contributed by atoms with Crippen molar-refractivity contribution in [2.24, 2.45) is 0 Å². The van der Waals surface area contributed by atoms with Crippen molar-refractivity contribution in [3.05, 3.63) is 105 Å². The number of benzene rings is 4. The molecule has 246 valence electrons. The molecule has 0 amide bonds. The van der Waals surface area contributed by atoms with Gasteiger partial charge in [0.2, 0.25) is 0 Å². The van der Waals surface area contributed by atoms with E-state index in [0.717, 1.165) is 31.4 Å². The van der Waals surface area contributed by atoms with Gasteiger partial charge in [0.15, 0.2) is 11.6 Å². The summed E-state index contributed by atoms with van der Waals surface area (Å²) in [5.74, 6) is -1.88. The molecule has 1 aliphatic carbocycles. The first kappa shape index (κ1) is 32.7. The second kappa shape index (κ2) is 11.2. The highest BCUT2D eigenvalue weighted by Crippen LogP contribution is 2.44. The second-order valence-electron chi connectivity index (χ2n) is 10.4. The van der Waals surface area contributed by atoms with Gasteiger partial charge in [-0.1, -0.05) is 24.3 Å². The van der Waals surface area contributed by atoms with Gasteiger partial charge in [-0.25, -0.2) is 0 Å². The number of fused-ring (bicyclic) bond motifs is 2. The van der Waals surface area contributed by atoms with Crippen molar-refractivity contribution in [3.63, 3.8) is 0 Å². The molecule has 0 fully saturated rings. The summed E-state index contributed by atoms with van der Waals surface area (Å²) < 4.78 is 106. The SMILES string of the molecule is COc1ccc(C(=O)c2c3c4c(c(Nc5ccc(S(=O)(=O)O)cc5S(=O)(=O)O)ccc4[nH]c2=O)C(=O)c2ccccc2-3)cc1S(=O)(=O)O. The maximum absolute atomic E-state index is 14.0. The number of carbonyl (C=O) groups is 2. The van der Waals surface area contributed by atoms with Crippen molar-refractivity contribution in [2.75, 3.05) is 12.4 Å². The smallest absolute Gasteiger partial charge is 0.298 e. The van der Waals surface area contributed by atoms with Gasteiger partial charge >= 0.3 is 0 Å². The van der Waals surface area contributed by atoms with Gasteiger partial charge in [0.25, 0.3) is 35.9 Å². The van der Waals surface area contributed by atoms with Gasteiger partial charge in [-0.15, -0.1) is 0 Å². The normalized spacial score (nSPS) is 12.9. The van der Waals surface area contributed by atoms with E-state index in [1.54, 1.807) is 6.07 Å². The molecule has 0 aliphatic heterocycles. The van der Waals surface area contributed by atoms with Crippen LogP contribution in [0.2, 0.25) is 0 Å². The molecular formula is C30H20N2O13S3. The number of anilines is 2. The Labute approximate surface area is 271 Å². The molecule has 1 heterocycles. The van der Waals surface area contributed by atoms with Gasteiger partial charge in [0.05, 0.1) is 34.5 Å². The van der Waals surface area contributed by atoms with Crippen LogP contribution in [0.5, 0.6) is 5.75 Å². The number of nitrogens with one attached hydrogen (secondary N) is 2. The Morgan fingerprint density at radius 3 is 2.00 bits per heavy atom. The minimum Gasteiger partial charge on any atom is -0.495 e. The summed E-state index contributed by atoms with van der Waals surface area (Å²) in [6.07, 6.45) is 0. The molecule has 0 unspecified atom stereocenters. The predicted octanol–water partition coefficient (Wildman–Crippen LogP) is 3.46. The van der Waals surface area contributed by atoms with Crippen molar-refractivity contribution >= 4 is 64.2 Å². The van der Waals surface area contributed by atoms with Gasteiger partial charge in [-0.3, -0.25) is 28.0 Å². The molecule has 0 saturated heterocycles. The number of aromatic nitrogens is 1. The van der Waals surface area contributed by atoms with Crippen LogP contribution in [0.3, 0.4) is 0 Å². The lowest BCUT2D eigenvalue weighted by atomic mass is 9.80. The molecule has 5 N–H and O–H groups in total. The van der Waals surface area contributed by atoms with E-state index in [4.69, 9.17) is 4.74 Å². The van der Waals surface area contributed by atoms with Crippen molar-refractivity contribution in [3.8, 4) is 16.9 Å². The van der Waals surface area contributed by atoms with Gasteiger partial charge in [0.1, 0.15) is 15.5 Å². The number of hydrogen-bond donors (Lipinski definition) is 5. The van der Waals surface area contributed by atoms with Gasteiger partial charge in [0, 0.05) is 27.6 Å². The van der Waals surface area contributed by atoms with Crippen LogP contribution >= 0.6 is 0 Å². The zero-order valence-corrected chi connectivity index (χ0v) is 26.5. The number of carbonyl (C=O) groups excluding carboxylic acids is 2. The molecule has 15 nitrogen and oxygen atoms in total. The zero-order valence-electron chi connectivity index (χ0n) is 24.1. The number of pyridine rings is 1. The van der Waals surface area contributed by atoms with E-state index in [1.807, 2.05) is 0 Å². The molecule has 0 radical (unpaired) electrons. The topological polar surface area (TPSA) is 251 Å². The summed E-state index contributed by atoms with van der Waals surface area (Å²) in [5, 5.41) is 2.74. The molecule has 1 aliphatic rings. The largest absolute Gasteiger partial charge is 0.495 e. The molecule has 0 bridgehead atoms. The van der Waals surface area contributed by atoms with Crippen molar-refractivity contribution in [2.45, 2.75) is 14.7 Å². The summed E-state index contributed by atoms with van der Waals surface area (Å²) in [6, 6.07) is 14.1. The number of methoxy groups -OCH3 is 1. The van der Waals surface area contributed by atoms with E-state index in [0.29, 0.717) is 6.07 Å². The molecule has 48 heavy (non-hydrogen) atoms. The maximum atomic E-state index is 14.0. The first-order valence-electron chi connectivity index (χ1n) is 13.3. The molecule has 0 atom stereocenters. The Kier molecular flexibility index (Phi) is 7.62. The zero-order chi connectivity index (χ0) is 34.9. The number of ketones is 2. The first-order valence-corrected chi connectivity index (χ1v) is 17.7. The number of hydrogen-bond acceptors (Lipinski definition) is 11. The van der Waals surface area contributed by atoms with E-state index < -0.39 is 73.4 Å². The van der Waals surface area contributed by atoms with Crippen LogP contribution in [-0.2, 0) is 30.4 Å². The molecule has 18 heteroatoms. The highest BCUT2D eigenvalue weighted by atomic mass is 32.2. The maximum Gasteiger partial charge on any atom is 0.298 e. The van der Waals surface area contributed by atoms with E-state index >= 15 is 0 Å². The van der Waals surface area contributed by atoms with E-state index in [2.05, 4.69) is 10.3 Å². The second-order valence-corrected chi connectivity index (χ2v) is 14.6. The first-order chi connectivity index (χ1) is 22.4. The van der Waals surface area contributed by atoms with Crippen LogP contribution in [0.4, 0.5) is 11.4 Å². The molecule has 0 saturated carbocycles. The Hall–Kier alpha value is -5.24.